The molecule has 3 aromatic rings. The molecule has 1 heterocycles. The first-order chi connectivity index (χ1) is 15.1. The Bertz CT molecular complexity index is 1050. The second kappa shape index (κ2) is 10.3. The number of rotatable bonds is 6. The second-order valence-electron chi connectivity index (χ2n) is 7.74. The highest BCUT2D eigenvalue weighted by Crippen LogP contribution is 2.26. The average Bonchev–Trinajstić information content (AvgIpc) is 3.28. The van der Waals surface area contributed by atoms with E-state index < -0.39 is 0 Å². The summed E-state index contributed by atoms with van der Waals surface area (Å²) in [6, 6.07) is 23.6. The number of nitrogens with one attached hydrogen (secondary N) is 1. The minimum atomic E-state index is -0.173. The van der Waals surface area contributed by atoms with Crippen molar-refractivity contribution >= 4 is 44.7 Å². The van der Waals surface area contributed by atoms with Crippen LogP contribution in [-0.2, 0) is 11.3 Å². The number of benzene rings is 3. The maximum absolute atomic E-state index is 12.8. The molecule has 0 unspecified atom stereocenters. The maximum Gasteiger partial charge on any atom is 0.249 e. The lowest BCUT2D eigenvalue weighted by Crippen LogP contribution is -2.18. The van der Waals surface area contributed by atoms with Gasteiger partial charge in [-0.1, -0.05) is 63.9 Å². The first-order valence-electron chi connectivity index (χ1n) is 10.4. The molecule has 0 bridgehead atoms. The van der Waals surface area contributed by atoms with Crippen LogP contribution in [0.5, 0.6) is 0 Å². The van der Waals surface area contributed by atoms with Crippen molar-refractivity contribution in [1.82, 2.24) is 4.90 Å². The predicted molar refractivity (Wildman–Crippen MR) is 132 cm³/mol. The Morgan fingerprint density at radius 1 is 0.903 bits per heavy atom. The maximum atomic E-state index is 12.8. The summed E-state index contributed by atoms with van der Waals surface area (Å²) < 4.78 is 0.969. The van der Waals surface area contributed by atoms with Crippen molar-refractivity contribution in [1.29, 1.82) is 0 Å². The normalized spacial score (nSPS) is 14.6. The summed E-state index contributed by atoms with van der Waals surface area (Å²) in [7, 11) is 0. The Morgan fingerprint density at radius 2 is 1.48 bits per heavy atom. The highest BCUT2D eigenvalue weighted by Gasteiger charge is 2.13. The first kappa shape index (κ1) is 21.8. The molecule has 1 saturated heterocycles. The van der Waals surface area contributed by atoms with Gasteiger partial charge in [-0.15, -0.1) is 0 Å². The molecule has 1 fully saturated rings. The first-order valence-corrected chi connectivity index (χ1v) is 11.6. The van der Waals surface area contributed by atoms with Gasteiger partial charge in [-0.25, -0.2) is 0 Å². The molecule has 3 nitrogen and oxygen atoms in total. The van der Waals surface area contributed by atoms with Gasteiger partial charge in [0.2, 0.25) is 5.91 Å². The molecule has 0 radical (unpaired) electrons. The highest BCUT2D eigenvalue weighted by molar-refractivity contribution is 9.10. The van der Waals surface area contributed by atoms with Crippen molar-refractivity contribution in [2.45, 2.75) is 19.4 Å². The van der Waals surface area contributed by atoms with Gasteiger partial charge >= 0.3 is 0 Å². The van der Waals surface area contributed by atoms with Crippen molar-refractivity contribution in [3.8, 4) is 0 Å². The fraction of sp³-hybridized carbons (Fsp3) is 0.192. The van der Waals surface area contributed by atoms with E-state index >= 15 is 0 Å². The van der Waals surface area contributed by atoms with Gasteiger partial charge in [0.1, 0.15) is 0 Å². The van der Waals surface area contributed by atoms with Crippen LogP contribution in [0.2, 0.25) is 5.02 Å². The largest absolute Gasteiger partial charge is 0.322 e. The summed E-state index contributed by atoms with van der Waals surface area (Å²) in [5.41, 5.74) is 4.85. The highest BCUT2D eigenvalue weighted by atomic mass is 79.9. The lowest BCUT2D eigenvalue weighted by atomic mass is 9.96. The molecule has 0 atom stereocenters. The minimum Gasteiger partial charge on any atom is -0.322 e. The van der Waals surface area contributed by atoms with Crippen LogP contribution in [0.3, 0.4) is 0 Å². The Labute approximate surface area is 196 Å². The summed E-state index contributed by atoms with van der Waals surface area (Å²) >= 11 is 9.50. The molecular formula is C26H24BrClN2O. The van der Waals surface area contributed by atoms with E-state index in [1.54, 1.807) is 6.08 Å². The zero-order chi connectivity index (χ0) is 21.6. The SMILES string of the molecule is O=C(/C=C(\c1ccc(Cl)cc1)c1ccc(CN2CCCC2)cc1)Nc1ccc(Br)cc1. The molecule has 3 aromatic carbocycles. The van der Waals surface area contributed by atoms with Gasteiger partial charge in [0.25, 0.3) is 0 Å². The van der Waals surface area contributed by atoms with Gasteiger partial charge in [0, 0.05) is 27.8 Å². The van der Waals surface area contributed by atoms with Crippen LogP contribution in [0.1, 0.15) is 29.5 Å². The number of anilines is 1. The zero-order valence-corrected chi connectivity index (χ0v) is 19.5. The van der Waals surface area contributed by atoms with E-state index in [9.17, 15) is 4.79 Å². The topological polar surface area (TPSA) is 32.3 Å². The molecule has 1 aliphatic rings. The third kappa shape index (κ3) is 6.07. The van der Waals surface area contributed by atoms with Gasteiger partial charge < -0.3 is 5.32 Å². The van der Waals surface area contributed by atoms with Gasteiger partial charge in [-0.05, 0) is 84.6 Å². The standard InChI is InChI=1S/C26H24BrClN2O/c27-22-9-13-24(14-10-22)29-26(31)17-25(21-7-11-23(28)12-8-21)20-5-3-19(4-6-20)18-30-15-1-2-16-30/h3-14,17H,1-2,15-16,18H2,(H,29,31)/b25-17-. The number of hydrogen-bond donors (Lipinski definition) is 1. The monoisotopic (exact) mass is 494 g/mol. The lowest BCUT2D eigenvalue weighted by molar-refractivity contribution is -0.111. The molecule has 0 spiro atoms. The number of carbonyl (C=O) groups is 1. The Morgan fingerprint density at radius 3 is 2.10 bits per heavy atom. The molecule has 158 valence electrons. The van der Waals surface area contributed by atoms with E-state index in [4.69, 9.17) is 11.6 Å². The fourth-order valence-corrected chi connectivity index (χ4v) is 4.18. The second-order valence-corrected chi connectivity index (χ2v) is 9.09. The van der Waals surface area contributed by atoms with Crippen LogP contribution in [-0.4, -0.2) is 23.9 Å². The van der Waals surface area contributed by atoms with Crippen molar-refractivity contribution < 1.29 is 4.79 Å². The van der Waals surface area contributed by atoms with Crippen LogP contribution < -0.4 is 5.32 Å². The van der Waals surface area contributed by atoms with E-state index in [0.717, 1.165) is 33.4 Å². The Balaban J connectivity index is 1.59. The van der Waals surface area contributed by atoms with Crippen molar-refractivity contribution in [3.63, 3.8) is 0 Å². The van der Waals surface area contributed by atoms with E-state index in [1.165, 1.54) is 31.5 Å². The minimum absolute atomic E-state index is 0.173. The molecule has 1 aliphatic heterocycles. The number of amides is 1. The predicted octanol–water partition coefficient (Wildman–Crippen LogP) is 6.77. The molecular weight excluding hydrogens is 472 g/mol. The summed E-state index contributed by atoms with van der Waals surface area (Å²) in [6.07, 6.45) is 4.23. The van der Waals surface area contributed by atoms with Crippen LogP contribution in [0.15, 0.2) is 83.3 Å². The van der Waals surface area contributed by atoms with E-state index in [2.05, 4.69) is 50.4 Å². The summed E-state index contributed by atoms with van der Waals surface area (Å²) in [6.45, 7) is 3.33. The van der Waals surface area contributed by atoms with E-state index in [0.29, 0.717) is 5.02 Å². The molecule has 0 aromatic heterocycles. The van der Waals surface area contributed by atoms with Crippen LogP contribution in [0, 0.1) is 0 Å². The molecule has 4 rings (SSSR count). The summed E-state index contributed by atoms with van der Waals surface area (Å²) in [5.74, 6) is -0.173. The van der Waals surface area contributed by atoms with E-state index in [1.807, 2.05) is 48.5 Å². The Hall–Kier alpha value is -2.40. The molecule has 0 saturated carbocycles. The number of halogens is 2. The molecule has 1 N–H and O–H groups in total. The van der Waals surface area contributed by atoms with Gasteiger partial charge in [-0.2, -0.15) is 0 Å². The summed E-state index contributed by atoms with van der Waals surface area (Å²) in [5, 5.41) is 3.61. The van der Waals surface area contributed by atoms with Gasteiger partial charge in [0.15, 0.2) is 0 Å². The third-order valence-corrected chi connectivity index (χ3v) is 6.19. The lowest BCUT2D eigenvalue weighted by Gasteiger charge is -2.15. The smallest absolute Gasteiger partial charge is 0.249 e. The quantitative estimate of drug-likeness (QED) is 0.383. The van der Waals surface area contributed by atoms with E-state index in [-0.39, 0.29) is 5.91 Å². The van der Waals surface area contributed by atoms with Crippen LogP contribution >= 0.6 is 27.5 Å². The van der Waals surface area contributed by atoms with Crippen LogP contribution in [0.25, 0.3) is 5.57 Å². The molecule has 31 heavy (non-hydrogen) atoms. The van der Waals surface area contributed by atoms with Crippen molar-refractivity contribution in [2.24, 2.45) is 0 Å². The molecule has 0 aliphatic carbocycles. The Kier molecular flexibility index (Phi) is 7.23. The van der Waals surface area contributed by atoms with Gasteiger partial charge in [0.05, 0.1) is 0 Å². The number of carbonyl (C=O) groups excluding carboxylic acids is 1. The number of likely N-dealkylation sites (tertiary alicyclic amines) is 1. The number of nitrogens with zero attached hydrogens (tertiary/aromatic N) is 1. The molecule has 1 amide bonds. The van der Waals surface area contributed by atoms with Gasteiger partial charge in [-0.3, -0.25) is 9.69 Å². The van der Waals surface area contributed by atoms with Crippen LogP contribution in [0.4, 0.5) is 5.69 Å². The average molecular weight is 496 g/mol. The molecule has 5 heteroatoms. The number of hydrogen-bond acceptors (Lipinski definition) is 2. The van der Waals surface area contributed by atoms with Crippen molar-refractivity contribution in [2.75, 3.05) is 18.4 Å². The summed E-state index contributed by atoms with van der Waals surface area (Å²) in [4.78, 5) is 15.3. The van der Waals surface area contributed by atoms with Crippen molar-refractivity contribution in [3.05, 3.63) is 105 Å². The fourth-order valence-electron chi connectivity index (χ4n) is 3.79. The third-order valence-electron chi connectivity index (χ3n) is 5.41. The zero-order valence-electron chi connectivity index (χ0n) is 17.2.